The zero-order chi connectivity index (χ0) is 27.0. The maximum Gasteiger partial charge on any atom is 0.331 e. The zero-order valence-electron chi connectivity index (χ0n) is 23.8. The summed E-state index contributed by atoms with van der Waals surface area (Å²) in [6, 6.07) is 0. The SMILES string of the molecule is CCCCC[C@@H]1CC[C@@H]([C@]2(C)CC[C@@H](O)[C@@]3(C)[C@H]2[C@H](OC(C)=O)C[C@@H](C)[C@]3(O)CCC2=CC(=O)OC2)C1. The molecular weight excluding hydrogens is 468 g/mol. The highest BCUT2D eigenvalue weighted by molar-refractivity contribution is 5.85. The molecule has 0 radical (unpaired) electrons. The number of unbranched alkanes of at least 4 members (excludes halogenated alkanes) is 2. The molecule has 6 heteroatoms. The van der Waals surface area contributed by atoms with Gasteiger partial charge in [0, 0.05) is 24.3 Å². The van der Waals surface area contributed by atoms with Gasteiger partial charge in [-0.2, -0.15) is 0 Å². The molecule has 2 N–H and O–H groups in total. The van der Waals surface area contributed by atoms with Crippen molar-refractivity contribution >= 4 is 11.9 Å². The molecule has 0 amide bonds. The van der Waals surface area contributed by atoms with Crippen molar-refractivity contribution in [3.63, 3.8) is 0 Å². The summed E-state index contributed by atoms with van der Waals surface area (Å²) in [5.74, 6) is 0.325. The van der Waals surface area contributed by atoms with Crippen molar-refractivity contribution in [2.24, 2.45) is 34.5 Å². The Labute approximate surface area is 223 Å². The molecule has 1 heterocycles. The summed E-state index contributed by atoms with van der Waals surface area (Å²) in [5, 5.41) is 24.2. The van der Waals surface area contributed by atoms with Gasteiger partial charge in [-0.3, -0.25) is 4.79 Å². The Balaban J connectivity index is 1.67. The van der Waals surface area contributed by atoms with Crippen LogP contribution < -0.4 is 0 Å². The molecule has 6 nitrogen and oxygen atoms in total. The van der Waals surface area contributed by atoms with E-state index in [4.69, 9.17) is 9.47 Å². The van der Waals surface area contributed by atoms with E-state index in [1.807, 2.05) is 6.92 Å². The van der Waals surface area contributed by atoms with E-state index in [1.54, 1.807) is 0 Å². The third-order valence-corrected chi connectivity index (χ3v) is 11.3. The second-order valence-corrected chi connectivity index (χ2v) is 13.3. The van der Waals surface area contributed by atoms with E-state index in [-0.39, 0.29) is 41.9 Å². The fraction of sp³-hybridized carbons (Fsp3) is 0.871. The van der Waals surface area contributed by atoms with Crippen LogP contribution in [0.5, 0.6) is 0 Å². The Bertz CT molecular complexity index is 883. The van der Waals surface area contributed by atoms with Crippen LogP contribution in [-0.4, -0.2) is 46.6 Å². The number of carbonyl (C=O) groups excluding carboxylic acids is 2. The lowest BCUT2D eigenvalue weighted by molar-refractivity contribution is -0.290. The molecule has 9 atom stereocenters. The fourth-order valence-corrected chi connectivity index (χ4v) is 9.21. The maximum absolute atomic E-state index is 12.6. The van der Waals surface area contributed by atoms with Crippen molar-refractivity contribution in [2.45, 2.75) is 129 Å². The van der Waals surface area contributed by atoms with E-state index < -0.39 is 17.1 Å². The smallest absolute Gasteiger partial charge is 0.331 e. The molecular formula is C31H50O6. The summed E-state index contributed by atoms with van der Waals surface area (Å²) >= 11 is 0. The lowest BCUT2D eigenvalue weighted by atomic mass is 9.40. The lowest BCUT2D eigenvalue weighted by Crippen LogP contribution is -2.72. The van der Waals surface area contributed by atoms with Crippen LogP contribution in [-0.2, 0) is 19.1 Å². The van der Waals surface area contributed by atoms with E-state index in [0.717, 1.165) is 17.9 Å². The fourth-order valence-electron chi connectivity index (χ4n) is 9.21. The van der Waals surface area contributed by atoms with Crippen molar-refractivity contribution in [1.82, 2.24) is 0 Å². The number of hydrogen-bond donors (Lipinski definition) is 2. The summed E-state index contributed by atoms with van der Waals surface area (Å²) in [6.45, 7) is 10.5. The molecule has 3 saturated carbocycles. The second-order valence-electron chi connectivity index (χ2n) is 13.3. The van der Waals surface area contributed by atoms with Gasteiger partial charge >= 0.3 is 11.9 Å². The molecule has 1 aliphatic heterocycles. The van der Waals surface area contributed by atoms with Crippen molar-refractivity contribution in [1.29, 1.82) is 0 Å². The van der Waals surface area contributed by atoms with Gasteiger partial charge in [0.15, 0.2) is 0 Å². The minimum absolute atomic E-state index is 0.132. The predicted octanol–water partition coefficient (Wildman–Crippen LogP) is 5.73. The van der Waals surface area contributed by atoms with Crippen LogP contribution in [0.3, 0.4) is 0 Å². The largest absolute Gasteiger partial charge is 0.462 e. The molecule has 0 aromatic carbocycles. The van der Waals surface area contributed by atoms with Gasteiger partial charge in [-0.15, -0.1) is 0 Å². The van der Waals surface area contributed by atoms with Crippen LogP contribution in [0.4, 0.5) is 0 Å². The highest BCUT2D eigenvalue weighted by atomic mass is 16.5. The standard InChI is InChI=1S/C31H50O6/c1-6-7-8-9-22-10-11-24(17-22)29(4)14-13-26(33)30(5)28(29)25(37-21(3)32)16-20(2)31(30,35)15-12-23-18-27(34)36-19-23/h18,20,22,24-26,28,33,35H,6-17,19H2,1-5H3/t20-,22-,24-,25-,26-,28+,29+,30+,31-/m1/s1. The number of aliphatic hydroxyl groups is 2. The predicted molar refractivity (Wildman–Crippen MR) is 142 cm³/mol. The van der Waals surface area contributed by atoms with Crippen LogP contribution in [0.15, 0.2) is 11.6 Å². The molecule has 0 aromatic rings. The van der Waals surface area contributed by atoms with Crippen molar-refractivity contribution in [2.75, 3.05) is 6.61 Å². The van der Waals surface area contributed by atoms with Crippen molar-refractivity contribution < 1.29 is 29.3 Å². The van der Waals surface area contributed by atoms with Crippen LogP contribution in [0.1, 0.15) is 112 Å². The Morgan fingerprint density at radius 3 is 2.59 bits per heavy atom. The van der Waals surface area contributed by atoms with E-state index >= 15 is 0 Å². The van der Waals surface area contributed by atoms with E-state index in [2.05, 4.69) is 20.8 Å². The third-order valence-electron chi connectivity index (χ3n) is 11.3. The molecule has 0 bridgehead atoms. The van der Waals surface area contributed by atoms with Crippen LogP contribution >= 0.6 is 0 Å². The Kier molecular flexibility index (Phi) is 8.50. The zero-order valence-corrected chi connectivity index (χ0v) is 23.8. The first-order valence-corrected chi connectivity index (χ1v) is 14.9. The summed E-state index contributed by atoms with van der Waals surface area (Å²) in [5.41, 5.74) is -1.22. The monoisotopic (exact) mass is 518 g/mol. The number of aliphatic hydroxyl groups excluding tert-OH is 1. The van der Waals surface area contributed by atoms with Gasteiger partial charge in [0.1, 0.15) is 12.7 Å². The molecule has 0 saturated heterocycles. The quantitative estimate of drug-likeness (QED) is 0.299. The molecule has 4 aliphatic rings. The number of carbonyl (C=O) groups is 2. The highest BCUT2D eigenvalue weighted by Gasteiger charge is 2.70. The average molecular weight is 519 g/mol. The van der Waals surface area contributed by atoms with E-state index in [9.17, 15) is 19.8 Å². The van der Waals surface area contributed by atoms with Crippen LogP contribution in [0, 0.1) is 34.5 Å². The summed E-state index contributed by atoms with van der Waals surface area (Å²) < 4.78 is 11.2. The topological polar surface area (TPSA) is 93.1 Å². The molecule has 0 aromatic heterocycles. The lowest BCUT2D eigenvalue weighted by Gasteiger charge is -2.67. The minimum atomic E-state index is -1.15. The van der Waals surface area contributed by atoms with Crippen molar-refractivity contribution in [3.05, 3.63) is 11.6 Å². The summed E-state index contributed by atoms with van der Waals surface area (Å²) in [6.07, 6.45) is 12.4. The molecule has 0 unspecified atom stereocenters. The molecule has 0 spiro atoms. The average Bonchev–Trinajstić information content (AvgIpc) is 3.48. The minimum Gasteiger partial charge on any atom is -0.462 e. The maximum atomic E-state index is 12.6. The molecule has 3 aliphatic carbocycles. The van der Waals surface area contributed by atoms with E-state index in [1.165, 1.54) is 57.9 Å². The Hall–Kier alpha value is -1.40. The van der Waals surface area contributed by atoms with Crippen molar-refractivity contribution in [3.8, 4) is 0 Å². The Morgan fingerprint density at radius 1 is 1.19 bits per heavy atom. The number of esters is 2. The van der Waals surface area contributed by atoms with Gasteiger partial charge in [-0.25, -0.2) is 4.79 Å². The van der Waals surface area contributed by atoms with Crippen LogP contribution in [0.25, 0.3) is 0 Å². The first-order valence-electron chi connectivity index (χ1n) is 14.9. The van der Waals surface area contributed by atoms with Gasteiger partial charge in [0.05, 0.1) is 11.7 Å². The van der Waals surface area contributed by atoms with Gasteiger partial charge < -0.3 is 19.7 Å². The summed E-state index contributed by atoms with van der Waals surface area (Å²) in [7, 11) is 0. The van der Waals surface area contributed by atoms with Gasteiger partial charge in [-0.05, 0) is 73.7 Å². The van der Waals surface area contributed by atoms with Gasteiger partial charge in [-0.1, -0.05) is 59.8 Å². The van der Waals surface area contributed by atoms with Gasteiger partial charge in [0.2, 0.25) is 0 Å². The third kappa shape index (κ3) is 5.14. The van der Waals surface area contributed by atoms with Gasteiger partial charge in [0.25, 0.3) is 0 Å². The molecule has 4 rings (SSSR count). The highest BCUT2D eigenvalue weighted by Crippen LogP contribution is 2.68. The summed E-state index contributed by atoms with van der Waals surface area (Å²) in [4.78, 5) is 23.9. The Morgan fingerprint density at radius 2 is 1.95 bits per heavy atom. The molecule has 3 fully saturated rings. The number of ether oxygens (including phenoxy) is 2. The second kappa shape index (κ2) is 11.0. The van der Waals surface area contributed by atoms with E-state index in [0.29, 0.717) is 31.6 Å². The molecule has 37 heavy (non-hydrogen) atoms. The first kappa shape index (κ1) is 28.6. The number of hydrogen-bond acceptors (Lipinski definition) is 6. The number of cyclic esters (lactones) is 1. The normalized spacial score (nSPS) is 43.8. The van der Waals surface area contributed by atoms with Crippen LogP contribution in [0.2, 0.25) is 0 Å². The number of fused-ring (bicyclic) bond motifs is 1. The first-order chi connectivity index (χ1) is 17.5. The molecule has 210 valence electrons. The number of rotatable bonds is 9.